The first-order valence-corrected chi connectivity index (χ1v) is 8.04. The third-order valence-electron chi connectivity index (χ3n) is 3.10. The zero-order chi connectivity index (χ0) is 15.0. The van der Waals surface area contributed by atoms with Crippen LogP contribution in [0, 0.1) is 12.8 Å². The van der Waals surface area contributed by atoms with E-state index in [4.69, 9.17) is 4.74 Å². The van der Waals surface area contributed by atoms with Crippen molar-refractivity contribution in [2.45, 2.75) is 39.7 Å². The van der Waals surface area contributed by atoms with Crippen molar-refractivity contribution in [2.24, 2.45) is 5.92 Å². The normalized spacial score (nSPS) is 12.7. The topological polar surface area (TPSA) is 41.5 Å². The molecule has 0 aromatic heterocycles. The van der Waals surface area contributed by atoms with E-state index < -0.39 is 6.10 Å². The maximum absolute atomic E-state index is 9.88. The molecule has 0 fully saturated rings. The van der Waals surface area contributed by atoms with Crippen LogP contribution in [-0.2, 0) is 4.74 Å². The van der Waals surface area contributed by atoms with E-state index in [1.54, 1.807) is 0 Å². The number of hydrogen-bond acceptors (Lipinski definition) is 3. The van der Waals surface area contributed by atoms with Crippen molar-refractivity contribution in [3.05, 3.63) is 28.2 Å². The Kier molecular flexibility index (Phi) is 8.19. The molecule has 0 aliphatic rings. The second-order valence-electron chi connectivity index (χ2n) is 5.58. The molecule has 0 bridgehead atoms. The number of ether oxygens (including phenoxy) is 1. The molecule has 0 radical (unpaired) electrons. The fraction of sp³-hybridized carbons (Fsp3) is 0.625. The Hall–Kier alpha value is -0.580. The third-order valence-corrected chi connectivity index (χ3v) is 4.15. The van der Waals surface area contributed by atoms with Crippen LogP contribution in [0.5, 0.6) is 0 Å². The van der Waals surface area contributed by atoms with E-state index in [1.807, 2.05) is 25.1 Å². The van der Waals surface area contributed by atoms with Gasteiger partial charge in [0.1, 0.15) is 0 Å². The van der Waals surface area contributed by atoms with E-state index in [0.29, 0.717) is 19.1 Å². The molecule has 0 amide bonds. The van der Waals surface area contributed by atoms with Crippen LogP contribution in [0.4, 0.5) is 5.69 Å². The number of nitrogens with one attached hydrogen (secondary N) is 1. The van der Waals surface area contributed by atoms with Crippen molar-refractivity contribution in [1.29, 1.82) is 0 Å². The lowest BCUT2D eigenvalue weighted by molar-refractivity contribution is 0.0409. The summed E-state index contributed by atoms with van der Waals surface area (Å²) in [6.45, 7) is 8.06. The number of aliphatic hydroxyl groups excluding tert-OH is 1. The van der Waals surface area contributed by atoms with Gasteiger partial charge >= 0.3 is 0 Å². The average Bonchev–Trinajstić information content (AvgIpc) is 2.39. The van der Waals surface area contributed by atoms with E-state index in [2.05, 4.69) is 35.1 Å². The van der Waals surface area contributed by atoms with E-state index in [1.165, 1.54) is 12.0 Å². The lowest BCUT2D eigenvalue weighted by Gasteiger charge is -2.15. The minimum atomic E-state index is -0.485. The number of rotatable bonds is 9. The highest BCUT2D eigenvalue weighted by Crippen LogP contribution is 2.25. The zero-order valence-corrected chi connectivity index (χ0v) is 14.2. The summed E-state index contributed by atoms with van der Waals surface area (Å²) in [6, 6.07) is 6.04. The first-order valence-electron chi connectivity index (χ1n) is 7.25. The van der Waals surface area contributed by atoms with E-state index in [9.17, 15) is 5.11 Å². The lowest BCUT2D eigenvalue weighted by Crippen LogP contribution is -2.25. The molecule has 2 N–H and O–H groups in total. The lowest BCUT2D eigenvalue weighted by atomic mass is 10.1. The maximum Gasteiger partial charge on any atom is 0.0945 e. The summed E-state index contributed by atoms with van der Waals surface area (Å²) in [4.78, 5) is 0. The van der Waals surface area contributed by atoms with Crippen LogP contribution in [0.15, 0.2) is 22.7 Å². The molecule has 20 heavy (non-hydrogen) atoms. The summed E-state index contributed by atoms with van der Waals surface area (Å²) in [5.41, 5.74) is 2.18. The maximum atomic E-state index is 9.88. The fourth-order valence-corrected chi connectivity index (χ4v) is 2.29. The SMILES string of the molecule is Cc1cccc(NCC(O)COCCCC(C)C)c1Br. The number of aliphatic hydroxyl groups is 1. The average molecular weight is 344 g/mol. The van der Waals surface area contributed by atoms with Gasteiger partial charge in [0.25, 0.3) is 0 Å². The van der Waals surface area contributed by atoms with Gasteiger partial charge in [0.05, 0.1) is 12.7 Å². The van der Waals surface area contributed by atoms with Crippen molar-refractivity contribution in [3.8, 4) is 0 Å². The fourth-order valence-electron chi connectivity index (χ4n) is 1.88. The van der Waals surface area contributed by atoms with Gasteiger partial charge in [0.2, 0.25) is 0 Å². The molecule has 4 heteroatoms. The molecule has 0 aliphatic carbocycles. The molecule has 1 unspecified atom stereocenters. The van der Waals surface area contributed by atoms with E-state index in [-0.39, 0.29) is 0 Å². The standard InChI is InChI=1S/C16H26BrNO2/c1-12(2)6-5-9-20-11-14(19)10-18-15-8-4-7-13(3)16(15)17/h4,7-8,12,14,18-19H,5-6,9-11H2,1-3H3. The molecule has 1 atom stereocenters. The van der Waals surface area contributed by atoms with Gasteiger partial charge in [-0.05, 0) is 53.2 Å². The highest BCUT2D eigenvalue weighted by Gasteiger charge is 2.07. The van der Waals surface area contributed by atoms with Crippen molar-refractivity contribution in [1.82, 2.24) is 0 Å². The first kappa shape index (κ1) is 17.5. The molecular weight excluding hydrogens is 318 g/mol. The van der Waals surface area contributed by atoms with Crippen LogP contribution in [0.25, 0.3) is 0 Å². The monoisotopic (exact) mass is 343 g/mol. The minimum absolute atomic E-state index is 0.383. The Morgan fingerprint density at radius 1 is 1.35 bits per heavy atom. The van der Waals surface area contributed by atoms with Gasteiger partial charge in [-0.25, -0.2) is 0 Å². The van der Waals surface area contributed by atoms with Crippen LogP contribution in [0.3, 0.4) is 0 Å². The second-order valence-corrected chi connectivity index (χ2v) is 6.38. The van der Waals surface area contributed by atoms with Crippen LogP contribution < -0.4 is 5.32 Å². The molecule has 0 saturated carbocycles. The Bertz CT molecular complexity index is 396. The number of aryl methyl sites for hydroxylation is 1. The molecule has 0 aliphatic heterocycles. The van der Waals surface area contributed by atoms with Crippen molar-refractivity contribution in [3.63, 3.8) is 0 Å². The van der Waals surface area contributed by atoms with Crippen molar-refractivity contribution in [2.75, 3.05) is 25.1 Å². The van der Waals surface area contributed by atoms with Crippen LogP contribution in [0.2, 0.25) is 0 Å². The van der Waals surface area contributed by atoms with Gasteiger partial charge in [-0.1, -0.05) is 26.0 Å². The summed E-state index contributed by atoms with van der Waals surface area (Å²) >= 11 is 3.54. The van der Waals surface area contributed by atoms with Crippen LogP contribution in [0.1, 0.15) is 32.3 Å². The Morgan fingerprint density at radius 2 is 2.10 bits per heavy atom. The molecule has 1 aromatic rings. The number of hydrogen-bond donors (Lipinski definition) is 2. The molecule has 1 rings (SSSR count). The second kappa shape index (κ2) is 9.37. The zero-order valence-electron chi connectivity index (χ0n) is 12.7. The van der Waals surface area contributed by atoms with Gasteiger partial charge in [-0.2, -0.15) is 0 Å². The van der Waals surface area contributed by atoms with Crippen LogP contribution >= 0.6 is 15.9 Å². The predicted octanol–water partition coefficient (Wildman–Crippen LogP) is 3.98. The van der Waals surface area contributed by atoms with Gasteiger partial charge in [0, 0.05) is 23.3 Å². The molecule has 3 nitrogen and oxygen atoms in total. The van der Waals surface area contributed by atoms with E-state index in [0.717, 1.165) is 23.2 Å². The minimum Gasteiger partial charge on any atom is -0.389 e. The molecule has 0 heterocycles. The summed E-state index contributed by atoms with van der Waals surface area (Å²) in [6.07, 6.45) is 1.74. The Morgan fingerprint density at radius 3 is 2.80 bits per heavy atom. The van der Waals surface area contributed by atoms with Gasteiger partial charge in [-0.3, -0.25) is 0 Å². The summed E-state index contributed by atoms with van der Waals surface area (Å²) in [7, 11) is 0. The van der Waals surface area contributed by atoms with Gasteiger partial charge in [0.15, 0.2) is 0 Å². The highest BCUT2D eigenvalue weighted by atomic mass is 79.9. The molecule has 0 spiro atoms. The van der Waals surface area contributed by atoms with Gasteiger partial charge in [-0.15, -0.1) is 0 Å². The molecule has 114 valence electrons. The summed E-state index contributed by atoms with van der Waals surface area (Å²) < 4.78 is 6.53. The van der Waals surface area contributed by atoms with Crippen molar-refractivity contribution < 1.29 is 9.84 Å². The highest BCUT2D eigenvalue weighted by molar-refractivity contribution is 9.10. The molecule has 0 saturated heterocycles. The summed E-state index contributed by atoms with van der Waals surface area (Å²) in [5.74, 6) is 0.712. The quantitative estimate of drug-likeness (QED) is 0.666. The van der Waals surface area contributed by atoms with E-state index >= 15 is 0 Å². The number of benzene rings is 1. The largest absolute Gasteiger partial charge is 0.389 e. The Balaban J connectivity index is 2.19. The predicted molar refractivity (Wildman–Crippen MR) is 88.3 cm³/mol. The molecule has 1 aromatic carbocycles. The number of anilines is 1. The van der Waals surface area contributed by atoms with Gasteiger partial charge < -0.3 is 15.2 Å². The summed E-state index contributed by atoms with van der Waals surface area (Å²) in [5, 5.41) is 13.1. The third kappa shape index (κ3) is 6.73. The first-order chi connectivity index (χ1) is 9.50. The Labute approximate surface area is 130 Å². The smallest absolute Gasteiger partial charge is 0.0945 e. The van der Waals surface area contributed by atoms with Crippen molar-refractivity contribution >= 4 is 21.6 Å². The molecular formula is C16H26BrNO2. The van der Waals surface area contributed by atoms with Crippen LogP contribution in [-0.4, -0.2) is 31.0 Å². The number of halogens is 1.